The van der Waals surface area contributed by atoms with Crippen LogP contribution >= 0.6 is 0 Å². The minimum Gasteiger partial charge on any atom is -0.342 e. The zero-order chi connectivity index (χ0) is 15.8. The summed E-state index contributed by atoms with van der Waals surface area (Å²) in [6.45, 7) is 2.72. The predicted octanol–water partition coefficient (Wildman–Crippen LogP) is 3.58. The molecule has 2 aromatic rings. The van der Waals surface area contributed by atoms with Gasteiger partial charge in [-0.25, -0.2) is 0 Å². The summed E-state index contributed by atoms with van der Waals surface area (Å²) in [5, 5.41) is 0. The lowest BCUT2D eigenvalue weighted by Crippen LogP contribution is -2.30. The number of pyridine rings is 1. The van der Waals surface area contributed by atoms with Crippen LogP contribution in [0.1, 0.15) is 24.5 Å². The van der Waals surface area contributed by atoms with Crippen LogP contribution in [0, 0.1) is 0 Å². The van der Waals surface area contributed by atoms with E-state index in [1.807, 2.05) is 62.5 Å². The fraction of sp³-hybridized carbons (Fsp3) is 0.263. The van der Waals surface area contributed by atoms with Gasteiger partial charge >= 0.3 is 0 Å². The molecule has 0 atom stereocenters. The fourth-order valence-electron chi connectivity index (χ4n) is 2.26. The van der Waals surface area contributed by atoms with E-state index < -0.39 is 0 Å². The Kier molecular flexibility index (Phi) is 5.90. The highest BCUT2D eigenvalue weighted by molar-refractivity contribution is 5.97. The van der Waals surface area contributed by atoms with Crippen LogP contribution in [0.2, 0.25) is 0 Å². The molecule has 2 rings (SSSR count). The van der Waals surface area contributed by atoms with Gasteiger partial charge in [0.25, 0.3) is 0 Å². The SMILES string of the molecule is CC/C(=C\c1ccccc1)C(=O)N(C)CCc1ccncc1. The second-order valence-corrected chi connectivity index (χ2v) is 5.27. The number of carbonyl (C=O) groups is 1. The molecule has 1 amide bonds. The van der Waals surface area contributed by atoms with Crippen LogP contribution in [0.25, 0.3) is 6.08 Å². The van der Waals surface area contributed by atoms with Crippen LogP contribution in [-0.2, 0) is 11.2 Å². The molecule has 1 aromatic carbocycles. The Bertz CT molecular complexity index is 620. The van der Waals surface area contributed by atoms with Crippen LogP contribution in [0.15, 0.2) is 60.4 Å². The summed E-state index contributed by atoms with van der Waals surface area (Å²) in [5.41, 5.74) is 3.10. The highest BCUT2D eigenvalue weighted by Gasteiger charge is 2.13. The molecular weight excluding hydrogens is 272 g/mol. The van der Waals surface area contributed by atoms with E-state index in [1.165, 1.54) is 5.56 Å². The van der Waals surface area contributed by atoms with Crippen molar-refractivity contribution in [2.75, 3.05) is 13.6 Å². The van der Waals surface area contributed by atoms with Crippen molar-refractivity contribution in [2.24, 2.45) is 0 Å². The number of hydrogen-bond donors (Lipinski definition) is 0. The van der Waals surface area contributed by atoms with E-state index >= 15 is 0 Å². The Morgan fingerprint density at radius 1 is 1.14 bits per heavy atom. The van der Waals surface area contributed by atoms with Gasteiger partial charge in [0.15, 0.2) is 0 Å². The normalized spacial score (nSPS) is 11.3. The summed E-state index contributed by atoms with van der Waals surface area (Å²) in [5.74, 6) is 0.0976. The zero-order valence-corrected chi connectivity index (χ0v) is 13.2. The molecule has 22 heavy (non-hydrogen) atoms. The van der Waals surface area contributed by atoms with E-state index in [0.717, 1.165) is 24.0 Å². The Balaban J connectivity index is 2.00. The van der Waals surface area contributed by atoms with Crippen LogP contribution in [0.5, 0.6) is 0 Å². The highest BCUT2D eigenvalue weighted by Crippen LogP contribution is 2.12. The third-order valence-corrected chi connectivity index (χ3v) is 3.63. The second-order valence-electron chi connectivity index (χ2n) is 5.27. The van der Waals surface area contributed by atoms with Gasteiger partial charge in [-0.3, -0.25) is 9.78 Å². The monoisotopic (exact) mass is 294 g/mol. The molecular formula is C19H22N2O. The first kappa shape index (κ1) is 16.0. The number of carbonyl (C=O) groups excluding carboxylic acids is 1. The first-order valence-corrected chi connectivity index (χ1v) is 7.60. The lowest BCUT2D eigenvalue weighted by atomic mass is 10.1. The Hall–Kier alpha value is -2.42. The number of aromatic nitrogens is 1. The van der Waals surface area contributed by atoms with Crippen molar-refractivity contribution in [1.29, 1.82) is 0 Å². The molecule has 0 saturated carbocycles. The van der Waals surface area contributed by atoms with Gasteiger partial charge in [0, 0.05) is 31.6 Å². The molecule has 0 unspecified atom stereocenters. The summed E-state index contributed by atoms with van der Waals surface area (Å²) < 4.78 is 0. The maximum Gasteiger partial charge on any atom is 0.249 e. The van der Waals surface area contributed by atoms with E-state index in [-0.39, 0.29) is 5.91 Å². The van der Waals surface area contributed by atoms with Crippen molar-refractivity contribution < 1.29 is 4.79 Å². The molecule has 3 heteroatoms. The van der Waals surface area contributed by atoms with Gasteiger partial charge in [0.1, 0.15) is 0 Å². The highest BCUT2D eigenvalue weighted by atomic mass is 16.2. The molecule has 0 spiro atoms. The maximum absolute atomic E-state index is 12.5. The largest absolute Gasteiger partial charge is 0.342 e. The average molecular weight is 294 g/mol. The van der Waals surface area contributed by atoms with E-state index in [1.54, 1.807) is 17.3 Å². The second kappa shape index (κ2) is 8.13. The Labute approximate surface area is 132 Å². The molecule has 0 N–H and O–H groups in total. The van der Waals surface area contributed by atoms with Crippen LogP contribution in [0.4, 0.5) is 0 Å². The van der Waals surface area contributed by atoms with Crippen molar-refractivity contribution >= 4 is 12.0 Å². The summed E-state index contributed by atoms with van der Waals surface area (Å²) in [4.78, 5) is 18.3. The topological polar surface area (TPSA) is 33.2 Å². The Morgan fingerprint density at radius 2 is 1.82 bits per heavy atom. The molecule has 0 radical (unpaired) electrons. The number of amides is 1. The number of benzene rings is 1. The van der Waals surface area contributed by atoms with Crippen LogP contribution in [0.3, 0.4) is 0 Å². The molecule has 0 saturated heterocycles. The number of nitrogens with zero attached hydrogens (tertiary/aromatic N) is 2. The van der Waals surface area contributed by atoms with Gasteiger partial charge in [-0.2, -0.15) is 0 Å². The van der Waals surface area contributed by atoms with Crippen molar-refractivity contribution in [1.82, 2.24) is 9.88 Å². The molecule has 1 heterocycles. The summed E-state index contributed by atoms with van der Waals surface area (Å²) >= 11 is 0. The van der Waals surface area contributed by atoms with Crippen LogP contribution in [-0.4, -0.2) is 29.4 Å². The number of likely N-dealkylation sites (N-methyl/N-ethyl adjacent to an activating group) is 1. The summed E-state index contributed by atoms with van der Waals surface area (Å²) in [7, 11) is 1.86. The number of hydrogen-bond acceptors (Lipinski definition) is 2. The smallest absolute Gasteiger partial charge is 0.249 e. The van der Waals surface area contributed by atoms with Crippen molar-refractivity contribution in [3.63, 3.8) is 0 Å². The van der Waals surface area contributed by atoms with Gasteiger partial charge in [-0.05, 0) is 42.2 Å². The van der Waals surface area contributed by atoms with E-state index in [9.17, 15) is 4.79 Å². The lowest BCUT2D eigenvalue weighted by Gasteiger charge is -2.18. The van der Waals surface area contributed by atoms with E-state index in [4.69, 9.17) is 0 Å². The fourth-order valence-corrected chi connectivity index (χ4v) is 2.26. The average Bonchev–Trinajstić information content (AvgIpc) is 2.58. The third-order valence-electron chi connectivity index (χ3n) is 3.63. The van der Waals surface area contributed by atoms with Gasteiger partial charge in [-0.1, -0.05) is 37.3 Å². The minimum absolute atomic E-state index is 0.0976. The minimum atomic E-state index is 0.0976. The molecule has 0 aliphatic heterocycles. The summed E-state index contributed by atoms with van der Waals surface area (Å²) in [6.07, 6.45) is 7.11. The van der Waals surface area contributed by atoms with E-state index in [2.05, 4.69) is 4.98 Å². The quantitative estimate of drug-likeness (QED) is 0.763. The van der Waals surface area contributed by atoms with Crippen molar-refractivity contribution in [3.8, 4) is 0 Å². The zero-order valence-electron chi connectivity index (χ0n) is 13.2. The molecule has 1 aromatic heterocycles. The van der Waals surface area contributed by atoms with Crippen LogP contribution < -0.4 is 0 Å². The van der Waals surface area contributed by atoms with Gasteiger partial charge in [0.2, 0.25) is 5.91 Å². The van der Waals surface area contributed by atoms with Crippen molar-refractivity contribution in [3.05, 3.63) is 71.6 Å². The molecule has 3 nitrogen and oxygen atoms in total. The third kappa shape index (κ3) is 4.55. The predicted molar refractivity (Wildman–Crippen MR) is 90.3 cm³/mol. The molecule has 0 fully saturated rings. The molecule has 114 valence electrons. The molecule has 0 aliphatic rings. The number of rotatable bonds is 6. The standard InChI is InChI=1S/C19H22N2O/c1-3-18(15-17-7-5-4-6-8-17)19(22)21(2)14-11-16-9-12-20-13-10-16/h4-10,12-13,15H,3,11,14H2,1-2H3/b18-15+. The lowest BCUT2D eigenvalue weighted by molar-refractivity contribution is -0.125. The van der Waals surface area contributed by atoms with E-state index in [0.29, 0.717) is 6.54 Å². The Morgan fingerprint density at radius 3 is 2.45 bits per heavy atom. The first-order chi connectivity index (χ1) is 10.7. The summed E-state index contributed by atoms with van der Waals surface area (Å²) in [6, 6.07) is 13.9. The van der Waals surface area contributed by atoms with Gasteiger partial charge in [-0.15, -0.1) is 0 Å². The maximum atomic E-state index is 12.5. The molecule has 0 aliphatic carbocycles. The molecule has 0 bridgehead atoms. The van der Waals surface area contributed by atoms with Gasteiger partial charge < -0.3 is 4.90 Å². The first-order valence-electron chi connectivity index (χ1n) is 7.60. The van der Waals surface area contributed by atoms with Crippen molar-refractivity contribution in [2.45, 2.75) is 19.8 Å². The van der Waals surface area contributed by atoms with Gasteiger partial charge in [0.05, 0.1) is 0 Å².